The molecule has 1 aromatic heterocycles. The second-order valence-electron chi connectivity index (χ2n) is 6.03. The number of amides is 1. The smallest absolute Gasteiger partial charge is 0.262 e. The van der Waals surface area contributed by atoms with Gasteiger partial charge in [-0.15, -0.1) is 0 Å². The minimum atomic E-state index is -3.79. The minimum Gasteiger partial charge on any atom is -0.302 e. The van der Waals surface area contributed by atoms with Gasteiger partial charge >= 0.3 is 0 Å². The van der Waals surface area contributed by atoms with Crippen LogP contribution in [0.3, 0.4) is 0 Å². The van der Waals surface area contributed by atoms with E-state index in [2.05, 4.69) is 15.0 Å². The fraction of sp³-hybridized carbons (Fsp3) is 0.222. The van der Waals surface area contributed by atoms with Gasteiger partial charge in [-0.2, -0.15) is 0 Å². The van der Waals surface area contributed by atoms with Crippen molar-refractivity contribution >= 4 is 59.9 Å². The van der Waals surface area contributed by atoms with E-state index >= 15 is 0 Å². The second kappa shape index (κ2) is 7.46. The van der Waals surface area contributed by atoms with Crippen molar-refractivity contribution in [2.24, 2.45) is 0 Å². The third-order valence-corrected chi connectivity index (χ3v) is 6.87. The second-order valence-corrected chi connectivity index (χ2v) is 9.12. The van der Waals surface area contributed by atoms with Crippen molar-refractivity contribution in [3.05, 3.63) is 46.5 Å². The molecule has 0 unspecified atom stereocenters. The van der Waals surface area contributed by atoms with Gasteiger partial charge in [0.05, 0.1) is 20.8 Å². The van der Waals surface area contributed by atoms with Gasteiger partial charge in [0.2, 0.25) is 5.91 Å². The van der Waals surface area contributed by atoms with E-state index in [9.17, 15) is 13.2 Å². The highest BCUT2D eigenvalue weighted by atomic mass is 35.5. The Balaban J connectivity index is 1.97. The Morgan fingerprint density at radius 3 is 2.70 bits per heavy atom. The van der Waals surface area contributed by atoms with Crippen LogP contribution in [0.2, 0.25) is 5.02 Å². The van der Waals surface area contributed by atoms with Crippen LogP contribution in [0, 0.1) is 13.8 Å². The highest BCUT2D eigenvalue weighted by Crippen LogP contribution is 2.32. The third kappa shape index (κ3) is 4.07. The number of fused-ring (bicyclic) bond motifs is 1. The third-order valence-electron chi connectivity index (χ3n) is 4.01. The number of carbonyl (C=O) groups is 1. The highest BCUT2D eigenvalue weighted by Gasteiger charge is 2.19. The molecule has 142 valence electrons. The fourth-order valence-electron chi connectivity index (χ4n) is 2.61. The fourth-order valence-corrected chi connectivity index (χ4v) is 5.14. The number of halogens is 1. The predicted molar refractivity (Wildman–Crippen MR) is 110 cm³/mol. The summed E-state index contributed by atoms with van der Waals surface area (Å²) in [5.41, 5.74) is 2.46. The van der Waals surface area contributed by atoms with Crippen LogP contribution >= 0.6 is 22.9 Å². The average Bonchev–Trinajstić information content (AvgIpc) is 2.99. The van der Waals surface area contributed by atoms with E-state index in [0.717, 1.165) is 15.8 Å². The van der Waals surface area contributed by atoms with Crippen molar-refractivity contribution < 1.29 is 13.2 Å². The number of nitrogens with one attached hydrogen (secondary N) is 2. The SMILES string of the molecule is CCC(=O)Nc1nc2c(C)cc(NS(=O)(=O)c3cccc(Cl)c3C)cc2s1. The maximum absolute atomic E-state index is 12.8. The van der Waals surface area contributed by atoms with Gasteiger partial charge in [-0.05, 0) is 49.2 Å². The number of thiazole rings is 1. The highest BCUT2D eigenvalue weighted by molar-refractivity contribution is 7.92. The average molecular weight is 424 g/mol. The molecule has 3 aromatic rings. The van der Waals surface area contributed by atoms with E-state index < -0.39 is 10.0 Å². The first kappa shape index (κ1) is 19.6. The Labute approximate surface area is 166 Å². The summed E-state index contributed by atoms with van der Waals surface area (Å²) in [7, 11) is -3.79. The number of aromatic nitrogens is 1. The first-order chi connectivity index (χ1) is 12.7. The predicted octanol–water partition coefficient (Wildman–Crippen LogP) is 4.72. The van der Waals surface area contributed by atoms with E-state index in [0.29, 0.717) is 27.8 Å². The Hall–Kier alpha value is -2.16. The van der Waals surface area contributed by atoms with Crippen LogP contribution in [0.1, 0.15) is 24.5 Å². The number of nitrogens with zero attached hydrogens (tertiary/aromatic N) is 1. The molecule has 0 spiro atoms. The molecule has 0 bridgehead atoms. The molecule has 0 atom stereocenters. The molecule has 0 aliphatic rings. The summed E-state index contributed by atoms with van der Waals surface area (Å²) in [6, 6.07) is 8.18. The van der Waals surface area contributed by atoms with E-state index in [1.807, 2.05) is 6.92 Å². The molecule has 0 saturated heterocycles. The standard InChI is InChI=1S/C18H18ClN3O3S2/c1-4-16(23)20-18-21-17-10(2)8-12(9-14(17)26-18)22-27(24,25)15-7-5-6-13(19)11(15)3/h5-9,22H,4H2,1-3H3,(H,20,21,23). The molecular formula is C18H18ClN3O3S2. The molecule has 3 rings (SSSR count). The van der Waals surface area contributed by atoms with Crippen molar-refractivity contribution in [2.45, 2.75) is 32.1 Å². The molecule has 0 aliphatic heterocycles. The van der Waals surface area contributed by atoms with Crippen LogP contribution in [-0.4, -0.2) is 19.3 Å². The van der Waals surface area contributed by atoms with E-state index in [1.54, 1.807) is 38.1 Å². The molecule has 2 aromatic carbocycles. The maximum atomic E-state index is 12.8. The number of sulfonamides is 1. The van der Waals surface area contributed by atoms with Gasteiger partial charge in [-0.1, -0.05) is 35.9 Å². The summed E-state index contributed by atoms with van der Waals surface area (Å²) in [6.07, 6.45) is 0.360. The van der Waals surface area contributed by atoms with Gasteiger partial charge in [0.25, 0.3) is 10.0 Å². The Morgan fingerprint density at radius 2 is 2.00 bits per heavy atom. The molecule has 2 N–H and O–H groups in total. The Morgan fingerprint density at radius 1 is 1.26 bits per heavy atom. The lowest BCUT2D eigenvalue weighted by Gasteiger charge is -2.12. The summed E-state index contributed by atoms with van der Waals surface area (Å²) in [4.78, 5) is 16.1. The van der Waals surface area contributed by atoms with E-state index in [-0.39, 0.29) is 10.8 Å². The van der Waals surface area contributed by atoms with Crippen molar-refractivity contribution in [3.8, 4) is 0 Å². The molecule has 27 heavy (non-hydrogen) atoms. The molecule has 0 saturated carbocycles. The molecule has 0 radical (unpaired) electrons. The number of carbonyl (C=O) groups excluding carboxylic acids is 1. The van der Waals surface area contributed by atoms with Crippen LogP contribution in [0.4, 0.5) is 10.8 Å². The molecule has 1 amide bonds. The van der Waals surface area contributed by atoms with Gasteiger partial charge in [-0.3, -0.25) is 9.52 Å². The van der Waals surface area contributed by atoms with Crippen LogP contribution in [0.5, 0.6) is 0 Å². The molecule has 0 aliphatic carbocycles. The number of hydrogen-bond acceptors (Lipinski definition) is 5. The number of rotatable bonds is 5. The van der Waals surface area contributed by atoms with Crippen LogP contribution in [0.15, 0.2) is 35.2 Å². The zero-order chi connectivity index (χ0) is 19.8. The van der Waals surface area contributed by atoms with Gasteiger partial charge in [0.1, 0.15) is 0 Å². The maximum Gasteiger partial charge on any atom is 0.262 e. The Kier molecular flexibility index (Phi) is 5.41. The monoisotopic (exact) mass is 423 g/mol. The lowest BCUT2D eigenvalue weighted by molar-refractivity contribution is -0.115. The normalized spacial score (nSPS) is 11.6. The number of anilines is 2. The lowest BCUT2D eigenvalue weighted by Crippen LogP contribution is -2.14. The number of aryl methyl sites for hydroxylation is 1. The van der Waals surface area contributed by atoms with Crippen molar-refractivity contribution in [1.82, 2.24) is 4.98 Å². The van der Waals surface area contributed by atoms with Gasteiger partial charge in [0, 0.05) is 11.4 Å². The summed E-state index contributed by atoms with van der Waals surface area (Å²) in [5, 5.41) is 3.61. The first-order valence-electron chi connectivity index (χ1n) is 8.20. The van der Waals surface area contributed by atoms with Crippen molar-refractivity contribution in [1.29, 1.82) is 0 Å². The number of benzene rings is 2. The van der Waals surface area contributed by atoms with Crippen LogP contribution in [-0.2, 0) is 14.8 Å². The zero-order valence-corrected chi connectivity index (χ0v) is 17.3. The lowest BCUT2D eigenvalue weighted by atomic mass is 10.2. The largest absolute Gasteiger partial charge is 0.302 e. The van der Waals surface area contributed by atoms with Gasteiger partial charge < -0.3 is 5.32 Å². The quantitative estimate of drug-likeness (QED) is 0.621. The summed E-state index contributed by atoms with van der Waals surface area (Å²) < 4.78 is 28.9. The molecular weight excluding hydrogens is 406 g/mol. The van der Waals surface area contributed by atoms with Crippen molar-refractivity contribution in [2.75, 3.05) is 10.0 Å². The van der Waals surface area contributed by atoms with Crippen LogP contribution in [0.25, 0.3) is 10.2 Å². The Bertz CT molecular complexity index is 1140. The summed E-state index contributed by atoms with van der Waals surface area (Å²) in [5.74, 6) is -0.121. The summed E-state index contributed by atoms with van der Waals surface area (Å²) in [6.45, 7) is 5.27. The minimum absolute atomic E-state index is 0.121. The molecule has 9 heteroatoms. The van der Waals surface area contributed by atoms with E-state index in [1.165, 1.54) is 17.4 Å². The molecule has 6 nitrogen and oxygen atoms in total. The van der Waals surface area contributed by atoms with Crippen LogP contribution < -0.4 is 10.0 Å². The van der Waals surface area contributed by atoms with Gasteiger partial charge in [0.15, 0.2) is 5.13 Å². The van der Waals surface area contributed by atoms with Crippen molar-refractivity contribution in [3.63, 3.8) is 0 Å². The number of hydrogen-bond donors (Lipinski definition) is 2. The molecule has 1 heterocycles. The molecule has 0 fully saturated rings. The zero-order valence-electron chi connectivity index (χ0n) is 15.0. The van der Waals surface area contributed by atoms with E-state index in [4.69, 9.17) is 11.6 Å². The topological polar surface area (TPSA) is 88.2 Å². The summed E-state index contributed by atoms with van der Waals surface area (Å²) >= 11 is 7.35. The van der Waals surface area contributed by atoms with Gasteiger partial charge in [-0.25, -0.2) is 13.4 Å². The first-order valence-corrected chi connectivity index (χ1v) is 10.9.